The van der Waals surface area contributed by atoms with Crippen LogP contribution in [0.1, 0.15) is 5.89 Å². The number of hydrogen-bond donors (Lipinski definition) is 0. The Balaban J connectivity index is 1.72. The standard InChI is InChI=1S/C14H15ClN2O2/c15-12-3-1-2-11(8-12)13-9-16-14(19-13)10-17-4-6-18-7-5-17/h1-3,8-9H,4-7,10H2. The van der Waals surface area contributed by atoms with Gasteiger partial charge in [0, 0.05) is 23.7 Å². The van der Waals surface area contributed by atoms with E-state index in [1.165, 1.54) is 0 Å². The average molecular weight is 279 g/mol. The molecule has 1 aromatic carbocycles. The van der Waals surface area contributed by atoms with Crippen molar-refractivity contribution in [2.24, 2.45) is 0 Å². The van der Waals surface area contributed by atoms with Crippen molar-refractivity contribution in [3.63, 3.8) is 0 Å². The highest BCUT2D eigenvalue weighted by molar-refractivity contribution is 6.30. The second-order valence-corrected chi connectivity index (χ2v) is 4.95. The highest BCUT2D eigenvalue weighted by Gasteiger charge is 2.14. The Labute approximate surface area is 116 Å². The van der Waals surface area contributed by atoms with E-state index in [-0.39, 0.29) is 0 Å². The lowest BCUT2D eigenvalue weighted by Gasteiger charge is -2.24. The molecule has 0 N–H and O–H groups in total. The van der Waals surface area contributed by atoms with Crippen molar-refractivity contribution in [1.82, 2.24) is 9.88 Å². The summed E-state index contributed by atoms with van der Waals surface area (Å²) in [7, 11) is 0. The van der Waals surface area contributed by atoms with E-state index in [1.807, 2.05) is 24.3 Å². The number of morpholine rings is 1. The molecule has 0 bridgehead atoms. The Kier molecular flexibility index (Phi) is 3.82. The maximum atomic E-state index is 5.97. The van der Waals surface area contributed by atoms with E-state index in [0.717, 1.165) is 50.1 Å². The van der Waals surface area contributed by atoms with Crippen molar-refractivity contribution in [3.05, 3.63) is 41.4 Å². The summed E-state index contributed by atoms with van der Waals surface area (Å²) in [4.78, 5) is 6.60. The first-order valence-corrected chi connectivity index (χ1v) is 6.70. The number of rotatable bonds is 3. The predicted molar refractivity (Wildman–Crippen MR) is 73.0 cm³/mol. The number of nitrogens with zero attached hydrogens (tertiary/aromatic N) is 2. The predicted octanol–water partition coefficient (Wildman–Crippen LogP) is 2.83. The van der Waals surface area contributed by atoms with Gasteiger partial charge in [-0.05, 0) is 12.1 Å². The van der Waals surface area contributed by atoms with Gasteiger partial charge in [0.05, 0.1) is 26.0 Å². The molecule has 0 saturated carbocycles. The minimum Gasteiger partial charge on any atom is -0.439 e. The van der Waals surface area contributed by atoms with Gasteiger partial charge in [-0.15, -0.1) is 0 Å². The van der Waals surface area contributed by atoms with Crippen LogP contribution in [0.4, 0.5) is 0 Å². The van der Waals surface area contributed by atoms with Gasteiger partial charge in [-0.25, -0.2) is 4.98 Å². The minimum absolute atomic E-state index is 0.698. The van der Waals surface area contributed by atoms with Crippen LogP contribution in [0.25, 0.3) is 11.3 Å². The van der Waals surface area contributed by atoms with Crippen molar-refractivity contribution in [2.75, 3.05) is 26.3 Å². The highest BCUT2D eigenvalue weighted by atomic mass is 35.5. The van der Waals surface area contributed by atoms with Crippen LogP contribution < -0.4 is 0 Å². The summed E-state index contributed by atoms with van der Waals surface area (Å²) in [5, 5.41) is 0.698. The molecule has 1 saturated heterocycles. The number of aromatic nitrogens is 1. The van der Waals surface area contributed by atoms with Crippen LogP contribution >= 0.6 is 11.6 Å². The Hall–Kier alpha value is -1.36. The van der Waals surface area contributed by atoms with Crippen LogP contribution in [0, 0.1) is 0 Å². The Morgan fingerprint density at radius 3 is 2.89 bits per heavy atom. The van der Waals surface area contributed by atoms with Crippen LogP contribution in [0.5, 0.6) is 0 Å². The van der Waals surface area contributed by atoms with Gasteiger partial charge < -0.3 is 9.15 Å². The van der Waals surface area contributed by atoms with E-state index in [1.54, 1.807) is 6.20 Å². The smallest absolute Gasteiger partial charge is 0.209 e. The Bertz CT molecular complexity index is 550. The number of hydrogen-bond acceptors (Lipinski definition) is 4. The fourth-order valence-electron chi connectivity index (χ4n) is 2.11. The molecule has 100 valence electrons. The van der Waals surface area contributed by atoms with Crippen molar-refractivity contribution >= 4 is 11.6 Å². The number of benzene rings is 1. The molecule has 0 spiro atoms. The van der Waals surface area contributed by atoms with Gasteiger partial charge in [-0.1, -0.05) is 23.7 Å². The second-order valence-electron chi connectivity index (χ2n) is 4.52. The second kappa shape index (κ2) is 5.74. The number of oxazole rings is 1. The molecule has 0 radical (unpaired) electrons. The van der Waals surface area contributed by atoms with Crippen LogP contribution in [0.15, 0.2) is 34.9 Å². The molecule has 4 nitrogen and oxygen atoms in total. The lowest BCUT2D eigenvalue weighted by atomic mass is 10.2. The van der Waals surface area contributed by atoms with Crippen LogP contribution in [-0.4, -0.2) is 36.2 Å². The van der Waals surface area contributed by atoms with Gasteiger partial charge in [-0.2, -0.15) is 0 Å². The molecule has 19 heavy (non-hydrogen) atoms. The Morgan fingerprint density at radius 1 is 1.26 bits per heavy atom. The lowest BCUT2D eigenvalue weighted by molar-refractivity contribution is 0.0306. The molecular weight excluding hydrogens is 264 g/mol. The summed E-state index contributed by atoms with van der Waals surface area (Å²) < 4.78 is 11.1. The first-order valence-electron chi connectivity index (χ1n) is 6.32. The van der Waals surface area contributed by atoms with E-state index >= 15 is 0 Å². The van der Waals surface area contributed by atoms with E-state index < -0.39 is 0 Å². The lowest BCUT2D eigenvalue weighted by Crippen LogP contribution is -2.35. The quantitative estimate of drug-likeness (QED) is 0.865. The first-order chi connectivity index (χ1) is 9.31. The maximum absolute atomic E-state index is 5.97. The van der Waals surface area contributed by atoms with Crippen molar-refractivity contribution < 1.29 is 9.15 Å². The number of halogens is 1. The molecule has 5 heteroatoms. The SMILES string of the molecule is Clc1cccc(-c2cnc(CN3CCOCC3)o2)c1. The zero-order chi connectivity index (χ0) is 13.1. The Morgan fingerprint density at radius 2 is 2.11 bits per heavy atom. The summed E-state index contributed by atoms with van der Waals surface area (Å²) in [6.07, 6.45) is 1.75. The third-order valence-electron chi connectivity index (χ3n) is 3.13. The summed E-state index contributed by atoms with van der Waals surface area (Å²) >= 11 is 5.97. The monoisotopic (exact) mass is 278 g/mol. The molecular formula is C14H15ClN2O2. The van der Waals surface area contributed by atoms with Crippen LogP contribution in [-0.2, 0) is 11.3 Å². The zero-order valence-corrected chi connectivity index (χ0v) is 11.3. The molecule has 1 aromatic heterocycles. The van der Waals surface area contributed by atoms with Gasteiger partial charge in [0.25, 0.3) is 0 Å². The zero-order valence-electron chi connectivity index (χ0n) is 10.5. The fourth-order valence-corrected chi connectivity index (χ4v) is 2.30. The molecule has 1 fully saturated rings. The summed E-state index contributed by atoms with van der Waals surface area (Å²) in [6, 6.07) is 7.59. The van der Waals surface area contributed by atoms with E-state index in [9.17, 15) is 0 Å². The van der Waals surface area contributed by atoms with Gasteiger partial charge in [0.15, 0.2) is 5.76 Å². The topological polar surface area (TPSA) is 38.5 Å². The first kappa shape index (κ1) is 12.7. The molecule has 3 rings (SSSR count). The van der Waals surface area contributed by atoms with Crippen molar-refractivity contribution in [1.29, 1.82) is 0 Å². The third-order valence-corrected chi connectivity index (χ3v) is 3.36. The molecule has 0 unspecified atom stereocenters. The van der Waals surface area contributed by atoms with Crippen LogP contribution in [0.3, 0.4) is 0 Å². The molecule has 1 aliphatic rings. The van der Waals surface area contributed by atoms with E-state index in [2.05, 4.69) is 9.88 Å². The molecule has 0 amide bonds. The summed E-state index contributed by atoms with van der Waals surface area (Å²) in [5.74, 6) is 1.49. The highest BCUT2D eigenvalue weighted by Crippen LogP contribution is 2.23. The normalized spacial score (nSPS) is 16.7. The van der Waals surface area contributed by atoms with Crippen molar-refractivity contribution in [3.8, 4) is 11.3 Å². The molecule has 2 aromatic rings. The molecule has 1 aliphatic heterocycles. The van der Waals surface area contributed by atoms with Gasteiger partial charge in [-0.3, -0.25) is 4.90 Å². The van der Waals surface area contributed by atoms with Gasteiger partial charge in [0.2, 0.25) is 5.89 Å². The largest absolute Gasteiger partial charge is 0.439 e. The molecule has 0 atom stereocenters. The maximum Gasteiger partial charge on any atom is 0.209 e. The third kappa shape index (κ3) is 3.15. The molecule has 2 heterocycles. The van der Waals surface area contributed by atoms with Crippen LogP contribution in [0.2, 0.25) is 5.02 Å². The van der Waals surface area contributed by atoms with E-state index in [0.29, 0.717) is 5.02 Å². The fraction of sp³-hybridized carbons (Fsp3) is 0.357. The molecule has 0 aliphatic carbocycles. The average Bonchev–Trinajstić information content (AvgIpc) is 2.88. The van der Waals surface area contributed by atoms with Gasteiger partial charge >= 0.3 is 0 Å². The van der Waals surface area contributed by atoms with E-state index in [4.69, 9.17) is 20.8 Å². The number of ether oxygens (including phenoxy) is 1. The van der Waals surface area contributed by atoms with Gasteiger partial charge in [0.1, 0.15) is 0 Å². The minimum atomic E-state index is 0.698. The summed E-state index contributed by atoms with van der Waals surface area (Å²) in [5.41, 5.74) is 0.952. The van der Waals surface area contributed by atoms with Crippen molar-refractivity contribution in [2.45, 2.75) is 6.54 Å². The summed E-state index contributed by atoms with van der Waals surface area (Å²) in [6.45, 7) is 4.14.